The van der Waals surface area contributed by atoms with Gasteiger partial charge in [-0.15, -0.1) is 0 Å². The zero-order valence-corrected chi connectivity index (χ0v) is 23.2. The van der Waals surface area contributed by atoms with Crippen molar-refractivity contribution < 1.29 is 27.5 Å². The van der Waals surface area contributed by atoms with Crippen LogP contribution in [-0.4, -0.2) is 78.9 Å². The maximum absolute atomic E-state index is 14.0. The third-order valence-electron chi connectivity index (χ3n) is 6.17. The first-order valence-corrected chi connectivity index (χ1v) is 13.8. The molecule has 208 valence electrons. The number of amides is 2. The number of aromatic nitrogens is 1. The van der Waals surface area contributed by atoms with Crippen molar-refractivity contribution in [3.63, 3.8) is 0 Å². The first kappa shape index (κ1) is 29.9. The van der Waals surface area contributed by atoms with Crippen LogP contribution in [0.4, 0.5) is 4.39 Å². The molecule has 0 aliphatic rings. The molecule has 1 aromatic heterocycles. The quantitative estimate of drug-likeness (QED) is 0.374. The first-order valence-electron chi connectivity index (χ1n) is 12.3. The number of nitrogens with zero attached hydrogens (tertiary/aromatic N) is 3. The van der Waals surface area contributed by atoms with Crippen molar-refractivity contribution in [2.45, 2.75) is 37.3 Å². The molecular formula is C28H33FN4O5S. The second kappa shape index (κ2) is 12.9. The molecule has 0 spiro atoms. The number of aliphatic hydroxyl groups excluding tert-OH is 1. The third-order valence-corrected chi connectivity index (χ3v) is 8.12. The number of likely N-dealkylation sites (N-methyl/N-ethyl adjacent to an activating group) is 1. The van der Waals surface area contributed by atoms with E-state index in [-0.39, 0.29) is 22.6 Å². The van der Waals surface area contributed by atoms with Gasteiger partial charge < -0.3 is 15.3 Å². The van der Waals surface area contributed by atoms with E-state index in [4.69, 9.17) is 0 Å². The Morgan fingerprint density at radius 1 is 1.03 bits per heavy atom. The molecule has 3 rings (SSSR count). The van der Waals surface area contributed by atoms with Crippen LogP contribution in [0.2, 0.25) is 0 Å². The summed E-state index contributed by atoms with van der Waals surface area (Å²) < 4.78 is 42.1. The fourth-order valence-corrected chi connectivity index (χ4v) is 5.57. The van der Waals surface area contributed by atoms with Gasteiger partial charge in [-0.3, -0.25) is 9.59 Å². The van der Waals surface area contributed by atoms with Crippen LogP contribution < -0.4 is 5.32 Å². The number of sulfonamides is 1. The molecule has 2 aromatic carbocycles. The van der Waals surface area contributed by atoms with Gasteiger partial charge in [0.25, 0.3) is 5.91 Å². The third kappa shape index (κ3) is 7.92. The summed E-state index contributed by atoms with van der Waals surface area (Å²) >= 11 is 0. The van der Waals surface area contributed by atoms with E-state index >= 15 is 0 Å². The number of halogens is 1. The van der Waals surface area contributed by atoms with E-state index in [0.717, 1.165) is 22.0 Å². The molecule has 39 heavy (non-hydrogen) atoms. The van der Waals surface area contributed by atoms with E-state index in [2.05, 4.69) is 10.3 Å². The Bertz CT molecular complexity index is 1420. The highest BCUT2D eigenvalue weighted by molar-refractivity contribution is 7.89. The molecule has 2 amide bonds. The minimum atomic E-state index is -4.41. The van der Waals surface area contributed by atoms with Crippen molar-refractivity contribution in [1.82, 2.24) is 19.5 Å². The number of hydrogen-bond donors (Lipinski definition) is 2. The minimum absolute atomic E-state index is 0.142. The number of pyridine rings is 1. The molecule has 2 N–H and O–H groups in total. The van der Waals surface area contributed by atoms with Gasteiger partial charge in [-0.25, -0.2) is 17.8 Å². The highest BCUT2D eigenvalue weighted by atomic mass is 32.2. The van der Waals surface area contributed by atoms with Crippen LogP contribution in [0.3, 0.4) is 0 Å². The van der Waals surface area contributed by atoms with Crippen molar-refractivity contribution in [3.8, 4) is 0 Å². The molecule has 1 heterocycles. The molecule has 2 atom stereocenters. The maximum atomic E-state index is 14.0. The number of rotatable bonds is 11. The van der Waals surface area contributed by atoms with Gasteiger partial charge >= 0.3 is 0 Å². The van der Waals surface area contributed by atoms with Crippen molar-refractivity contribution in [3.05, 3.63) is 95.1 Å². The first-order chi connectivity index (χ1) is 18.4. The molecule has 0 unspecified atom stereocenters. The second-order valence-electron chi connectivity index (χ2n) is 9.50. The van der Waals surface area contributed by atoms with E-state index in [0.29, 0.717) is 5.69 Å². The molecule has 0 radical (unpaired) electrons. The standard InChI is InChI=1S/C28H33FN4O5S/c1-19-13-14-22(29)16-26(19)39(37,38)33(18-27(35)32(3)4)17-25(34)24(15-21-10-6-5-7-11-21)31-28(36)23-12-8-9-20(2)30-23/h5-14,16,24-25,34H,15,17-18H2,1-4H3,(H,31,36)/t24-,25+/m0/s1. The lowest BCUT2D eigenvalue weighted by molar-refractivity contribution is -0.129. The summed E-state index contributed by atoms with van der Waals surface area (Å²) in [6.07, 6.45) is -1.26. The van der Waals surface area contributed by atoms with E-state index in [1.807, 2.05) is 30.3 Å². The number of nitrogens with one attached hydrogen (secondary N) is 1. The number of hydrogen-bond acceptors (Lipinski definition) is 6. The summed E-state index contributed by atoms with van der Waals surface area (Å²) in [4.78, 5) is 30.8. The summed E-state index contributed by atoms with van der Waals surface area (Å²) in [7, 11) is -1.46. The second-order valence-corrected chi connectivity index (χ2v) is 11.4. The molecule has 0 saturated carbocycles. The fourth-order valence-electron chi connectivity index (χ4n) is 3.93. The van der Waals surface area contributed by atoms with Gasteiger partial charge in [0.2, 0.25) is 15.9 Å². The van der Waals surface area contributed by atoms with Crippen molar-refractivity contribution in [2.24, 2.45) is 0 Å². The molecule has 3 aromatic rings. The van der Waals surface area contributed by atoms with Crippen LogP contribution in [0.25, 0.3) is 0 Å². The van der Waals surface area contributed by atoms with E-state index in [1.165, 1.54) is 38.1 Å². The topological polar surface area (TPSA) is 120 Å². The van der Waals surface area contributed by atoms with Gasteiger partial charge in [-0.05, 0) is 55.7 Å². The molecule has 0 aliphatic heterocycles. The van der Waals surface area contributed by atoms with Gasteiger partial charge in [0, 0.05) is 26.3 Å². The van der Waals surface area contributed by atoms with Crippen molar-refractivity contribution in [1.29, 1.82) is 0 Å². The Balaban J connectivity index is 1.96. The van der Waals surface area contributed by atoms with Gasteiger partial charge in [-0.1, -0.05) is 42.5 Å². The zero-order chi connectivity index (χ0) is 28.7. The summed E-state index contributed by atoms with van der Waals surface area (Å²) in [6.45, 7) is 2.14. The van der Waals surface area contributed by atoms with Crippen LogP contribution in [0, 0.1) is 19.7 Å². The SMILES string of the molecule is Cc1cccc(C(=O)N[C@@H](Cc2ccccc2)[C@H](O)CN(CC(=O)N(C)C)S(=O)(=O)c2cc(F)ccc2C)n1. The molecule has 11 heteroatoms. The summed E-state index contributed by atoms with van der Waals surface area (Å²) in [6, 6.07) is 16.5. The van der Waals surface area contributed by atoms with Crippen LogP contribution in [0.15, 0.2) is 71.6 Å². The van der Waals surface area contributed by atoms with E-state index < -0.39 is 52.9 Å². The van der Waals surface area contributed by atoms with Crippen LogP contribution in [0.5, 0.6) is 0 Å². The lowest BCUT2D eigenvalue weighted by atomic mass is 10.0. The average molecular weight is 557 g/mol. The van der Waals surface area contributed by atoms with Gasteiger partial charge in [-0.2, -0.15) is 4.31 Å². The lowest BCUT2D eigenvalue weighted by Gasteiger charge is -2.30. The summed E-state index contributed by atoms with van der Waals surface area (Å²) in [5, 5.41) is 14.1. The summed E-state index contributed by atoms with van der Waals surface area (Å²) in [5.74, 6) is -1.83. The Morgan fingerprint density at radius 2 is 1.72 bits per heavy atom. The predicted molar refractivity (Wildman–Crippen MR) is 145 cm³/mol. The molecule has 0 aliphatic carbocycles. The average Bonchev–Trinajstić information content (AvgIpc) is 2.89. The molecule has 0 saturated heterocycles. The molecule has 9 nitrogen and oxygen atoms in total. The van der Waals surface area contributed by atoms with Crippen molar-refractivity contribution in [2.75, 3.05) is 27.2 Å². The predicted octanol–water partition coefficient (Wildman–Crippen LogP) is 2.32. The minimum Gasteiger partial charge on any atom is -0.390 e. The van der Waals surface area contributed by atoms with Gasteiger partial charge in [0.15, 0.2) is 0 Å². The number of aryl methyl sites for hydroxylation is 2. The van der Waals surface area contributed by atoms with Gasteiger partial charge in [0.1, 0.15) is 11.5 Å². The Labute approximate surface area is 228 Å². The van der Waals surface area contributed by atoms with Gasteiger partial charge in [0.05, 0.1) is 23.6 Å². The monoisotopic (exact) mass is 556 g/mol. The maximum Gasteiger partial charge on any atom is 0.270 e. The normalized spacial score (nSPS) is 13.1. The van der Waals surface area contributed by atoms with E-state index in [9.17, 15) is 27.5 Å². The molecule has 0 fully saturated rings. The number of carbonyl (C=O) groups excluding carboxylic acids is 2. The highest BCUT2D eigenvalue weighted by Crippen LogP contribution is 2.22. The largest absolute Gasteiger partial charge is 0.390 e. The van der Waals surface area contributed by atoms with Crippen LogP contribution in [-0.2, 0) is 21.2 Å². The number of benzene rings is 2. The zero-order valence-electron chi connectivity index (χ0n) is 22.3. The Kier molecular flexibility index (Phi) is 9.90. The Morgan fingerprint density at radius 3 is 2.36 bits per heavy atom. The molecular weight excluding hydrogens is 523 g/mol. The highest BCUT2D eigenvalue weighted by Gasteiger charge is 2.34. The fraction of sp³-hybridized carbons (Fsp3) is 0.321. The van der Waals surface area contributed by atoms with Crippen LogP contribution >= 0.6 is 0 Å². The molecule has 0 bridgehead atoms. The van der Waals surface area contributed by atoms with Crippen molar-refractivity contribution >= 4 is 21.8 Å². The van der Waals surface area contributed by atoms with Crippen LogP contribution in [0.1, 0.15) is 27.3 Å². The Hall–Kier alpha value is -3.67. The summed E-state index contributed by atoms with van der Waals surface area (Å²) in [5.41, 5.74) is 1.85. The number of aliphatic hydroxyl groups is 1. The smallest absolute Gasteiger partial charge is 0.270 e. The lowest BCUT2D eigenvalue weighted by Crippen LogP contribution is -2.52. The van der Waals surface area contributed by atoms with E-state index in [1.54, 1.807) is 19.1 Å². The number of carbonyl (C=O) groups is 2.